The van der Waals surface area contributed by atoms with Crippen LogP contribution in [0, 0.1) is 17.6 Å². The van der Waals surface area contributed by atoms with Crippen LogP contribution >= 0.6 is 0 Å². The maximum Gasteiger partial charge on any atom is 0.255 e. The van der Waals surface area contributed by atoms with Gasteiger partial charge >= 0.3 is 0 Å². The van der Waals surface area contributed by atoms with Gasteiger partial charge in [-0.05, 0) is 25.0 Å². The first-order valence-corrected chi connectivity index (χ1v) is 7.91. The van der Waals surface area contributed by atoms with E-state index in [4.69, 9.17) is 0 Å². The highest BCUT2D eigenvalue weighted by atomic mass is 19.1. The molecule has 1 heterocycles. The quantitative estimate of drug-likeness (QED) is 0.901. The first-order chi connectivity index (χ1) is 11.5. The molecule has 0 spiro atoms. The number of carbonyl (C=O) groups is 1. The zero-order valence-electron chi connectivity index (χ0n) is 13.3. The molecule has 0 saturated heterocycles. The van der Waals surface area contributed by atoms with E-state index in [0.717, 1.165) is 31.4 Å². The zero-order valence-corrected chi connectivity index (χ0v) is 13.3. The largest absolute Gasteiger partial charge is 0.393 e. The number of aliphatic hydroxyl groups is 1. The number of nitrogens with zero attached hydrogens (tertiary/aromatic N) is 2. The Balaban J connectivity index is 1.82. The molecular formula is C17H19F2N3O2. The average molecular weight is 335 g/mol. The fourth-order valence-corrected chi connectivity index (χ4v) is 3.11. The van der Waals surface area contributed by atoms with Gasteiger partial charge in [-0.2, -0.15) is 5.10 Å². The Morgan fingerprint density at radius 2 is 2.21 bits per heavy atom. The molecular weight excluding hydrogens is 316 g/mol. The molecule has 128 valence electrons. The van der Waals surface area contributed by atoms with Crippen LogP contribution in [0.4, 0.5) is 8.78 Å². The van der Waals surface area contributed by atoms with Crippen LogP contribution in [-0.4, -0.2) is 33.4 Å². The SMILES string of the molecule is Cn1cc(C(=O)NCC2CCCC2O)c(-c2ccc(F)cc2F)n1. The van der Waals surface area contributed by atoms with Crippen molar-refractivity contribution < 1.29 is 18.7 Å². The summed E-state index contributed by atoms with van der Waals surface area (Å²) in [4.78, 5) is 12.5. The molecule has 1 aliphatic carbocycles. The Morgan fingerprint density at radius 3 is 2.88 bits per heavy atom. The van der Waals surface area contributed by atoms with E-state index in [1.165, 1.54) is 16.9 Å². The summed E-state index contributed by atoms with van der Waals surface area (Å²) in [6.45, 7) is 0.361. The second-order valence-electron chi connectivity index (χ2n) is 6.16. The molecule has 2 unspecified atom stereocenters. The first kappa shape index (κ1) is 16.6. The molecule has 1 aromatic heterocycles. The number of benzene rings is 1. The molecule has 3 rings (SSSR count). The predicted octanol–water partition coefficient (Wildman–Crippen LogP) is 2.26. The van der Waals surface area contributed by atoms with Crippen LogP contribution in [0.15, 0.2) is 24.4 Å². The van der Waals surface area contributed by atoms with Crippen molar-refractivity contribution in [1.82, 2.24) is 15.1 Å². The minimum Gasteiger partial charge on any atom is -0.393 e. The molecule has 1 fully saturated rings. The highest BCUT2D eigenvalue weighted by Gasteiger charge is 2.26. The monoisotopic (exact) mass is 335 g/mol. The lowest BCUT2D eigenvalue weighted by atomic mass is 10.0. The molecule has 7 heteroatoms. The average Bonchev–Trinajstić information content (AvgIpc) is 3.11. The van der Waals surface area contributed by atoms with E-state index in [9.17, 15) is 18.7 Å². The van der Waals surface area contributed by atoms with E-state index >= 15 is 0 Å². The van der Waals surface area contributed by atoms with Gasteiger partial charge in [-0.1, -0.05) is 6.42 Å². The van der Waals surface area contributed by atoms with Crippen molar-refractivity contribution in [3.63, 3.8) is 0 Å². The van der Waals surface area contributed by atoms with Gasteiger partial charge in [-0.15, -0.1) is 0 Å². The Kier molecular flexibility index (Phi) is 4.62. The van der Waals surface area contributed by atoms with E-state index in [0.29, 0.717) is 6.54 Å². The number of aromatic nitrogens is 2. The summed E-state index contributed by atoms with van der Waals surface area (Å²) in [5.74, 6) is -1.81. The lowest BCUT2D eigenvalue weighted by Crippen LogP contribution is -2.32. The Bertz CT molecular complexity index is 760. The smallest absolute Gasteiger partial charge is 0.255 e. The molecule has 0 aliphatic heterocycles. The molecule has 1 aromatic carbocycles. The summed E-state index contributed by atoms with van der Waals surface area (Å²) in [5.41, 5.74) is 0.456. The molecule has 0 radical (unpaired) electrons. The van der Waals surface area contributed by atoms with Gasteiger partial charge in [-0.3, -0.25) is 9.48 Å². The maximum atomic E-state index is 14.0. The van der Waals surface area contributed by atoms with Gasteiger partial charge in [0.1, 0.15) is 17.3 Å². The molecule has 1 amide bonds. The van der Waals surface area contributed by atoms with Gasteiger partial charge in [0, 0.05) is 37.3 Å². The molecule has 2 aromatic rings. The van der Waals surface area contributed by atoms with Crippen LogP contribution in [0.3, 0.4) is 0 Å². The molecule has 1 saturated carbocycles. The number of aryl methyl sites for hydroxylation is 1. The Labute approximate surface area is 138 Å². The minimum atomic E-state index is -0.769. The number of halogens is 2. The molecule has 2 N–H and O–H groups in total. The number of rotatable bonds is 4. The minimum absolute atomic E-state index is 0.0385. The van der Waals surface area contributed by atoms with Gasteiger partial charge in [0.25, 0.3) is 5.91 Å². The summed E-state index contributed by atoms with van der Waals surface area (Å²) >= 11 is 0. The summed E-state index contributed by atoms with van der Waals surface area (Å²) < 4.78 is 28.5. The molecule has 0 bridgehead atoms. The fraction of sp³-hybridized carbons (Fsp3) is 0.412. The lowest BCUT2D eigenvalue weighted by Gasteiger charge is -2.15. The summed E-state index contributed by atoms with van der Waals surface area (Å²) in [7, 11) is 1.63. The summed E-state index contributed by atoms with van der Waals surface area (Å²) in [5, 5.41) is 16.7. The number of hydrogen-bond acceptors (Lipinski definition) is 3. The van der Waals surface area contributed by atoms with Crippen molar-refractivity contribution in [2.45, 2.75) is 25.4 Å². The van der Waals surface area contributed by atoms with Crippen molar-refractivity contribution in [3.05, 3.63) is 41.6 Å². The van der Waals surface area contributed by atoms with Gasteiger partial charge in [0.2, 0.25) is 0 Å². The second kappa shape index (κ2) is 6.68. The third-order valence-corrected chi connectivity index (χ3v) is 4.40. The second-order valence-corrected chi connectivity index (χ2v) is 6.16. The van der Waals surface area contributed by atoms with E-state index in [1.807, 2.05) is 0 Å². The zero-order chi connectivity index (χ0) is 17.3. The topological polar surface area (TPSA) is 67.2 Å². The van der Waals surface area contributed by atoms with Crippen molar-refractivity contribution >= 4 is 5.91 Å². The first-order valence-electron chi connectivity index (χ1n) is 7.91. The van der Waals surface area contributed by atoms with E-state index in [-0.39, 0.29) is 28.6 Å². The number of amides is 1. The van der Waals surface area contributed by atoms with Crippen LogP contribution in [-0.2, 0) is 7.05 Å². The summed E-state index contributed by atoms with van der Waals surface area (Å²) in [6, 6.07) is 3.16. The van der Waals surface area contributed by atoms with E-state index in [1.54, 1.807) is 7.05 Å². The van der Waals surface area contributed by atoms with Crippen LogP contribution in [0.1, 0.15) is 29.6 Å². The van der Waals surface area contributed by atoms with Gasteiger partial charge in [0.05, 0.1) is 11.7 Å². The number of nitrogens with one attached hydrogen (secondary N) is 1. The van der Waals surface area contributed by atoms with Crippen LogP contribution < -0.4 is 5.32 Å². The lowest BCUT2D eigenvalue weighted by molar-refractivity contribution is 0.0917. The number of hydrogen-bond donors (Lipinski definition) is 2. The fourth-order valence-electron chi connectivity index (χ4n) is 3.11. The van der Waals surface area contributed by atoms with E-state index < -0.39 is 17.7 Å². The van der Waals surface area contributed by atoms with Crippen molar-refractivity contribution in [2.75, 3.05) is 6.54 Å². The number of aliphatic hydroxyl groups excluding tert-OH is 1. The third-order valence-electron chi connectivity index (χ3n) is 4.40. The van der Waals surface area contributed by atoms with E-state index in [2.05, 4.69) is 10.4 Å². The predicted molar refractivity (Wildman–Crippen MR) is 84.2 cm³/mol. The van der Waals surface area contributed by atoms with Gasteiger partial charge in [0.15, 0.2) is 0 Å². The highest BCUT2D eigenvalue weighted by Crippen LogP contribution is 2.27. The van der Waals surface area contributed by atoms with Crippen molar-refractivity contribution in [2.24, 2.45) is 13.0 Å². The van der Waals surface area contributed by atoms with Crippen molar-refractivity contribution in [1.29, 1.82) is 0 Å². The maximum absolute atomic E-state index is 14.0. The van der Waals surface area contributed by atoms with Crippen LogP contribution in [0.2, 0.25) is 0 Å². The Hall–Kier alpha value is -2.28. The van der Waals surface area contributed by atoms with Gasteiger partial charge in [-0.25, -0.2) is 8.78 Å². The Morgan fingerprint density at radius 1 is 1.42 bits per heavy atom. The van der Waals surface area contributed by atoms with Crippen LogP contribution in [0.5, 0.6) is 0 Å². The standard InChI is InChI=1S/C17H19F2N3O2/c1-22-9-13(17(24)20-8-10-3-2-4-15(10)23)16(21-22)12-6-5-11(18)7-14(12)19/h5-7,9-10,15,23H,2-4,8H2,1H3,(H,20,24). The van der Waals surface area contributed by atoms with Crippen molar-refractivity contribution in [3.8, 4) is 11.3 Å². The molecule has 2 atom stereocenters. The third kappa shape index (κ3) is 3.31. The molecule has 24 heavy (non-hydrogen) atoms. The molecule has 1 aliphatic rings. The summed E-state index contributed by atoms with van der Waals surface area (Å²) in [6.07, 6.45) is 3.67. The van der Waals surface area contributed by atoms with Crippen LogP contribution in [0.25, 0.3) is 11.3 Å². The van der Waals surface area contributed by atoms with Gasteiger partial charge < -0.3 is 10.4 Å². The molecule has 5 nitrogen and oxygen atoms in total. The number of carbonyl (C=O) groups excluding carboxylic acids is 1. The normalized spacial score (nSPS) is 20.3. The highest BCUT2D eigenvalue weighted by molar-refractivity contribution is 5.99.